The van der Waals surface area contributed by atoms with Gasteiger partial charge in [0.15, 0.2) is 0 Å². The number of aromatic nitrogens is 2. The molecule has 1 saturated carbocycles. The number of aliphatic hydroxyl groups is 1. The molecule has 0 aliphatic heterocycles. The number of nitrogens with zero attached hydrogens (tertiary/aromatic N) is 2. The number of thiazole rings is 1. The van der Waals surface area contributed by atoms with Crippen molar-refractivity contribution in [2.24, 2.45) is 5.92 Å². The van der Waals surface area contributed by atoms with Gasteiger partial charge < -0.3 is 5.11 Å². The number of rotatable bonds is 6. The Balaban J connectivity index is 1.96. The third-order valence-corrected chi connectivity index (χ3v) is 5.94. The van der Waals surface area contributed by atoms with E-state index in [2.05, 4.69) is 28.5 Å². The Labute approximate surface area is 130 Å². The van der Waals surface area contributed by atoms with E-state index in [1.807, 2.05) is 26.4 Å². The molecule has 2 aromatic heterocycles. The highest BCUT2D eigenvalue weighted by Crippen LogP contribution is 2.49. The number of fused-ring (bicyclic) bond motifs is 1. The maximum Gasteiger partial charge on any atom is 0.120 e. The highest BCUT2D eigenvalue weighted by Gasteiger charge is 2.40. The van der Waals surface area contributed by atoms with Gasteiger partial charge in [0.25, 0.3) is 0 Å². The summed E-state index contributed by atoms with van der Waals surface area (Å²) in [5, 5.41) is 11.3. The van der Waals surface area contributed by atoms with Gasteiger partial charge in [-0.05, 0) is 51.4 Å². The molecule has 1 N–H and O–H groups in total. The minimum Gasteiger partial charge on any atom is -0.384 e. The van der Waals surface area contributed by atoms with Gasteiger partial charge in [0.2, 0.25) is 0 Å². The maximum atomic E-state index is 11.3. The van der Waals surface area contributed by atoms with Crippen LogP contribution in [0.25, 0.3) is 4.83 Å². The molecule has 0 bridgehead atoms. The molecule has 2 aromatic rings. The van der Waals surface area contributed by atoms with Crippen molar-refractivity contribution in [3.63, 3.8) is 0 Å². The molecule has 0 spiro atoms. The van der Waals surface area contributed by atoms with Crippen LogP contribution in [-0.2, 0) is 5.60 Å². The lowest BCUT2D eigenvalue weighted by molar-refractivity contribution is -0.00688. The van der Waals surface area contributed by atoms with Gasteiger partial charge in [-0.3, -0.25) is 4.40 Å². The summed E-state index contributed by atoms with van der Waals surface area (Å²) in [6.07, 6.45) is 12.5. The van der Waals surface area contributed by atoms with Gasteiger partial charge in [0.1, 0.15) is 16.8 Å². The molecule has 0 radical (unpaired) electrons. The Morgan fingerprint density at radius 2 is 2.33 bits per heavy atom. The van der Waals surface area contributed by atoms with E-state index in [9.17, 15) is 5.11 Å². The van der Waals surface area contributed by atoms with Gasteiger partial charge in [-0.1, -0.05) is 19.1 Å². The monoisotopic (exact) mass is 304 g/mol. The lowest BCUT2D eigenvalue weighted by Crippen LogP contribution is -2.32. The first-order valence-electron chi connectivity index (χ1n) is 7.84. The predicted molar refractivity (Wildman–Crippen MR) is 87.8 cm³/mol. The zero-order valence-corrected chi connectivity index (χ0v) is 13.9. The summed E-state index contributed by atoms with van der Waals surface area (Å²) in [6.45, 7) is 6.17. The van der Waals surface area contributed by atoms with E-state index >= 15 is 0 Å². The molecular formula is C17H24N2OS. The van der Waals surface area contributed by atoms with Crippen LogP contribution in [0.5, 0.6) is 0 Å². The first-order chi connectivity index (χ1) is 10.1. The fourth-order valence-corrected chi connectivity index (χ4v) is 4.33. The predicted octanol–water partition coefficient (Wildman–Crippen LogP) is 4.47. The lowest BCUT2D eigenvalue weighted by atomic mass is 9.83. The van der Waals surface area contributed by atoms with Crippen LogP contribution < -0.4 is 0 Å². The second-order valence-electron chi connectivity index (χ2n) is 6.39. The van der Waals surface area contributed by atoms with Crippen LogP contribution in [0.1, 0.15) is 62.9 Å². The van der Waals surface area contributed by atoms with Gasteiger partial charge in [0.05, 0.1) is 11.9 Å². The topological polar surface area (TPSA) is 37.5 Å². The standard InChI is InChI=1S/C17H24N2OS/c1-4-5-6-7-12(2)17(3,20)16-15(13-8-9-13)21-14-10-18-11-19(14)16/h4-5,10-13,20H,6-9H2,1-3H3. The van der Waals surface area contributed by atoms with Gasteiger partial charge in [-0.2, -0.15) is 0 Å². The number of hydrogen-bond donors (Lipinski definition) is 1. The largest absolute Gasteiger partial charge is 0.384 e. The third-order valence-electron chi connectivity index (χ3n) is 4.68. The van der Waals surface area contributed by atoms with Gasteiger partial charge in [-0.25, -0.2) is 4.98 Å². The van der Waals surface area contributed by atoms with E-state index in [-0.39, 0.29) is 5.92 Å². The summed E-state index contributed by atoms with van der Waals surface area (Å²) >= 11 is 1.80. The molecule has 3 rings (SSSR count). The molecule has 1 aliphatic rings. The smallest absolute Gasteiger partial charge is 0.120 e. The quantitative estimate of drug-likeness (QED) is 0.799. The minimum absolute atomic E-state index is 0.214. The second-order valence-corrected chi connectivity index (χ2v) is 7.45. The summed E-state index contributed by atoms with van der Waals surface area (Å²) in [5.41, 5.74) is 0.272. The van der Waals surface area contributed by atoms with Crippen LogP contribution >= 0.6 is 11.3 Å². The minimum atomic E-state index is -0.807. The van der Waals surface area contributed by atoms with Crippen LogP contribution in [0.2, 0.25) is 0 Å². The van der Waals surface area contributed by atoms with Crippen molar-refractivity contribution in [2.75, 3.05) is 0 Å². The molecule has 0 saturated heterocycles. The van der Waals surface area contributed by atoms with Crippen molar-refractivity contribution in [3.05, 3.63) is 35.2 Å². The fourth-order valence-electron chi connectivity index (χ4n) is 2.95. The second kappa shape index (κ2) is 5.58. The van der Waals surface area contributed by atoms with E-state index in [1.54, 1.807) is 11.3 Å². The number of imidazole rings is 1. The first-order valence-corrected chi connectivity index (χ1v) is 8.66. The molecule has 21 heavy (non-hydrogen) atoms. The summed E-state index contributed by atoms with van der Waals surface area (Å²) in [4.78, 5) is 6.76. The van der Waals surface area contributed by atoms with Crippen LogP contribution in [-0.4, -0.2) is 14.5 Å². The SMILES string of the molecule is CC=CCCC(C)C(C)(O)c1c(C2CC2)sc2cncn12. The molecule has 3 nitrogen and oxygen atoms in total. The summed E-state index contributed by atoms with van der Waals surface area (Å²) in [6, 6.07) is 0. The summed E-state index contributed by atoms with van der Waals surface area (Å²) in [7, 11) is 0. The molecule has 1 aliphatic carbocycles. The average molecular weight is 304 g/mol. The zero-order chi connectivity index (χ0) is 15.0. The van der Waals surface area contributed by atoms with E-state index in [4.69, 9.17) is 0 Å². The molecule has 2 unspecified atom stereocenters. The fraction of sp³-hybridized carbons (Fsp3) is 0.588. The van der Waals surface area contributed by atoms with Crippen molar-refractivity contribution in [3.8, 4) is 0 Å². The normalized spacial score (nSPS) is 20.2. The zero-order valence-electron chi connectivity index (χ0n) is 13.0. The lowest BCUT2D eigenvalue weighted by Gasteiger charge is -2.31. The van der Waals surface area contributed by atoms with E-state index in [0.29, 0.717) is 5.92 Å². The number of allylic oxidation sites excluding steroid dienone is 2. The highest BCUT2D eigenvalue weighted by atomic mass is 32.1. The van der Waals surface area contributed by atoms with E-state index in [1.165, 1.54) is 17.7 Å². The maximum absolute atomic E-state index is 11.3. The highest BCUT2D eigenvalue weighted by molar-refractivity contribution is 7.17. The van der Waals surface area contributed by atoms with Gasteiger partial charge in [0, 0.05) is 4.88 Å². The van der Waals surface area contributed by atoms with E-state index in [0.717, 1.165) is 23.4 Å². The Kier molecular flexibility index (Phi) is 3.93. The third kappa shape index (κ3) is 2.67. The van der Waals surface area contributed by atoms with Crippen LogP contribution in [0, 0.1) is 5.92 Å². The number of hydrogen-bond acceptors (Lipinski definition) is 3. The van der Waals surface area contributed by atoms with Crippen molar-refractivity contribution < 1.29 is 5.11 Å². The molecule has 0 amide bonds. The Bertz CT molecular complexity index is 649. The molecule has 1 fully saturated rings. The van der Waals surface area contributed by atoms with Crippen molar-refractivity contribution in [1.29, 1.82) is 0 Å². The molecule has 2 atom stereocenters. The Hall–Kier alpha value is -1.13. The van der Waals surface area contributed by atoms with Crippen molar-refractivity contribution in [2.45, 2.75) is 58.0 Å². The van der Waals surface area contributed by atoms with Gasteiger partial charge in [-0.15, -0.1) is 11.3 Å². The summed E-state index contributed by atoms with van der Waals surface area (Å²) < 4.78 is 2.10. The van der Waals surface area contributed by atoms with Crippen LogP contribution in [0.15, 0.2) is 24.7 Å². The summed E-state index contributed by atoms with van der Waals surface area (Å²) in [5.74, 6) is 0.866. The molecule has 114 valence electrons. The molecule has 4 heteroatoms. The van der Waals surface area contributed by atoms with Crippen LogP contribution in [0.4, 0.5) is 0 Å². The van der Waals surface area contributed by atoms with Gasteiger partial charge >= 0.3 is 0 Å². The average Bonchev–Trinajstić information content (AvgIpc) is 3.07. The van der Waals surface area contributed by atoms with Crippen LogP contribution in [0.3, 0.4) is 0 Å². The molecular weight excluding hydrogens is 280 g/mol. The van der Waals surface area contributed by atoms with E-state index < -0.39 is 5.60 Å². The van der Waals surface area contributed by atoms with Crippen molar-refractivity contribution in [1.82, 2.24) is 9.38 Å². The Morgan fingerprint density at radius 3 is 3.00 bits per heavy atom. The molecule has 0 aromatic carbocycles. The first kappa shape index (κ1) is 14.8. The Morgan fingerprint density at radius 1 is 1.57 bits per heavy atom. The molecule has 2 heterocycles. The van der Waals surface area contributed by atoms with Crippen molar-refractivity contribution >= 4 is 16.2 Å².